The Morgan fingerprint density at radius 2 is 1.33 bits per heavy atom. The second-order valence-electron chi connectivity index (χ2n) is 13.0. The predicted octanol–water partition coefficient (Wildman–Crippen LogP) is 10.1. The maximum absolute atomic E-state index is 2.65. The molecule has 0 aliphatic heterocycles. The lowest BCUT2D eigenvalue weighted by molar-refractivity contribution is 0.358. The molecule has 0 atom stereocenters. The molecule has 0 saturated heterocycles. The fourth-order valence-corrected chi connectivity index (χ4v) is 5.41. The molecule has 1 rings (SSSR count). The van der Waals surface area contributed by atoms with E-state index in [9.17, 15) is 0 Å². The van der Waals surface area contributed by atoms with Gasteiger partial charge in [-0.1, -0.05) is 117 Å². The highest BCUT2D eigenvalue weighted by Crippen LogP contribution is 2.28. The van der Waals surface area contributed by atoms with Crippen molar-refractivity contribution in [2.45, 2.75) is 125 Å². The zero-order valence-corrected chi connectivity index (χ0v) is 23.0. The van der Waals surface area contributed by atoms with E-state index in [2.05, 4.69) is 91.1 Å². The fraction of sp³-hybridized carbons (Fsp3) is 0.724. The molecule has 0 bridgehead atoms. The number of unbranched alkanes of at least 4 members (excludes halogenated alkanes) is 4. The molecule has 0 amide bonds. The second-order valence-corrected chi connectivity index (χ2v) is 18.0. The quantitative estimate of drug-likeness (QED) is 0.229. The smallest absolute Gasteiger partial charge is 0.0690 e. The number of hydrogen-bond donors (Lipinski definition) is 0. The summed E-state index contributed by atoms with van der Waals surface area (Å²) < 4.78 is 0. The molecule has 0 nitrogen and oxygen atoms in total. The average molecular weight is 429 g/mol. The molecule has 0 fully saturated rings. The van der Waals surface area contributed by atoms with Crippen molar-refractivity contribution in [1.82, 2.24) is 0 Å². The summed E-state index contributed by atoms with van der Waals surface area (Å²) in [7, 11) is -1.23. The molecule has 0 heterocycles. The molecular weight excluding hydrogens is 376 g/mol. The van der Waals surface area contributed by atoms with Crippen LogP contribution in [0.25, 0.3) is 5.57 Å². The van der Waals surface area contributed by atoms with Crippen molar-refractivity contribution in [3.8, 4) is 0 Å². The minimum absolute atomic E-state index is 0.470. The van der Waals surface area contributed by atoms with E-state index in [-0.39, 0.29) is 0 Å². The Balaban J connectivity index is 2.67. The molecule has 1 aromatic rings. The number of benzene rings is 1. The van der Waals surface area contributed by atoms with Crippen LogP contribution in [0.1, 0.15) is 110 Å². The monoisotopic (exact) mass is 428 g/mol. The highest BCUT2D eigenvalue weighted by molar-refractivity contribution is 6.81. The van der Waals surface area contributed by atoms with Crippen LogP contribution < -0.4 is 0 Å². The predicted molar refractivity (Wildman–Crippen MR) is 142 cm³/mol. The van der Waals surface area contributed by atoms with E-state index in [1.165, 1.54) is 75.3 Å². The number of aryl methyl sites for hydroxylation is 1. The van der Waals surface area contributed by atoms with Crippen molar-refractivity contribution < 1.29 is 0 Å². The number of hydrogen-bond acceptors (Lipinski definition) is 0. The van der Waals surface area contributed by atoms with Crippen LogP contribution in [-0.2, 0) is 6.42 Å². The van der Waals surface area contributed by atoms with E-state index in [4.69, 9.17) is 0 Å². The SMILES string of the molecule is CC(C)(C)CCCCC/C(=C\[Si](C)(C)C)c1cccc(CCCCCC(C)(C)C)c1. The first-order valence-electron chi connectivity index (χ1n) is 12.6. The summed E-state index contributed by atoms with van der Waals surface area (Å²) in [5.41, 5.74) is 8.22. The number of rotatable bonds is 12. The minimum atomic E-state index is -1.23. The van der Waals surface area contributed by atoms with Crippen molar-refractivity contribution >= 4 is 13.6 Å². The van der Waals surface area contributed by atoms with Gasteiger partial charge in [-0.2, -0.15) is 0 Å². The third-order valence-corrected chi connectivity index (χ3v) is 6.88. The first kappa shape index (κ1) is 27.2. The normalized spacial score (nSPS) is 13.7. The Morgan fingerprint density at radius 3 is 1.87 bits per heavy atom. The summed E-state index contributed by atoms with van der Waals surface area (Å²) in [5, 5.41) is 0. The van der Waals surface area contributed by atoms with Crippen LogP contribution in [0.3, 0.4) is 0 Å². The Kier molecular flexibility index (Phi) is 11.1. The van der Waals surface area contributed by atoms with Crippen LogP contribution >= 0.6 is 0 Å². The van der Waals surface area contributed by atoms with Gasteiger partial charge >= 0.3 is 0 Å². The van der Waals surface area contributed by atoms with Gasteiger partial charge in [0.05, 0.1) is 8.07 Å². The summed E-state index contributed by atoms with van der Waals surface area (Å²) in [5.74, 6) is 0. The van der Waals surface area contributed by atoms with Crippen LogP contribution in [0, 0.1) is 10.8 Å². The van der Waals surface area contributed by atoms with Gasteiger partial charge in [0.15, 0.2) is 0 Å². The summed E-state index contributed by atoms with van der Waals surface area (Å²) in [6.45, 7) is 21.5. The van der Waals surface area contributed by atoms with Crippen LogP contribution in [-0.4, -0.2) is 8.07 Å². The Hall–Kier alpha value is -0.823. The van der Waals surface area contributed by atoms with E-state index in [1.54, 1.807) is 5.57 Å². The molecule has 0 unspecified atom stereocenters. The van der Waals surface area contributed by atoms with E-state index in [0.717, 1.165) is 0 Å². The highest BCUT2D eigenvalue weighted by Gasteiger charge is 2.14. The van der Waals surface area contributed by atoms with Crippen molar-refractivity contribution in [3.05, 3.63) is 41.1 Å². The molecule has 0 N–H and O–H groups in total. The lowest BCUT2D eigenvalue weighted by Crippen LogP contribution is -2.16. The molecule has 0 aliphatic carbocycles. The third-order valence-electron chi connectivity index (χ3n) is 5.67. The van der Waals surface area contributed by atoms with Gasteiger partial charge in [-0.15, -0.1) is 0 Å². The standard InChI is InChI=1S/C29H52Si/c1-28(2,3)21-14-10-12-17-25-18-16-20-26(23-25)27(24-30(7,8)9)19-13-11-15-22-29(4,5)6/h16,18,20,23-24H,10-15,17,19,21-22H2,1-9H3/b27-24+. The molecule has 30 heavy (non-hydrogen) atoms. The minimum Gasteiger partial charge on any atom is -0.0913 e. The molecular formula is C29H52Si. The third kappa shape index (κ3) is 14.2. The van der Waals surface area contributed by atoms with E-state index in [0.29, 0.717) is 10.8 Å². The maximum atomic E-state index is 2.65. The first-order valence-corrected chi connectivity index (χ1v) is 16.1. The van der Waals surface area contributed by atoms with Crippen LogP contribution in [0.15, 0.2) is 30.0 Å². The largest absolute Gasteiger partial charge is 0.0913 e. The summed E-state index contributed by atoms with van der Waals surface area (Å²) in [6.07, 6.45) is 13.2. The van der Waals surface area contributed by atoms with Gasteiger partial charge in [-0.25, -0.2) is 0 Å². The van der Waals surface area contributed by atoms with Crippen molar-refractivity contribution in [2.24, 2.45) is 10.8 Å². The van der Waals surface area contributed by atoms with Gasteiger partial charge in [0, 0.05) is 0 Å². The van der Waals surface area contributed by atoms with Gasteiger partial charge in [-0.3, -0.25) is 0 Å². The van der Waals surface area contributed by atoms with Gasteiger partial charge in [0.25, 0.3) is 0 Å². The van der Waals surface area contributed by atoms with E-state index < -0.39 is 8.07 Å². The van der Waals surface area contributed by atoms with Crippen LogP contribution in [0.5, 0.6) is 0 Å². The van der Waals surface area contributed by atoms with Crippen LogP contribution in [0.4, 0.5) is 0 Å². The molecule has 0 saturated carbocycles. The average Bonchev–Trinajstić information content (AvgIpc) is 2.57. The Bertz CT molecular complexity index is 632. The van der Waals surface area contributed by atoms with Gasteiger partial charge < -0.3 is 0 Å². The summed E-state index contributed by atoms with van der Waals surface area (Å²) in [6, 6.07) is 9.47. The Labute approximate surface area is 191 Å². The van der Waals surface area contributed by atoms with Crippen molar-refractivity contribution in [1.29, 1.82) is 0 Å². The molecule has 0 radical (unpaired) electrons. The van der Waals surface area contributed by atoms with Crippen LogP contribution in [0.2, 0.25) is 19.6 Å². The van der Waals surface area contributed by atoms with E-state index in [1.807, 2.05) is 0 Å². The van der Waals surface area contributed by atoms with Crippen molar-refractivity contribution in [2.75, 3.05) is 0 Å². The molecule has 172 valence electrons. The highest BCUT2D eigenvalue weighted by atomic mass is 28.3. The lowest BCUT2D eigenvalue weighted by Gasteiger charge is -2.19. The molecule has 0 aromatic heterocycles. The molecule has 0 aliphatic rings. The zero-order valence-electron chi connectivity index (χ0n) is 22.0. The zero-order chi connectivity index (χ0) is 22.8. The van der Waals surface area contributed by atoms with Gasteiger partial charge in [0.1, 0.15) is 0 Å². The summed E-state index contributed by atoms with van der Waals surface area (Å²) >= 11 is 0. The van der Waals surface area contributed by atoms with Crippen molar-refractivity contribution in [3.63, 3.8) is 0 Å². The van der Waals surface area contributed by atoms with E-state index >= 15 is 0 Å². The van der Waals surface area contributed by atoms with Gasteiger partial charge in [0.2, 0.25) is 0 Å². The molecule has 0 spiro atoms. The lowest BCUT2D eigenvalue weighted by atomic mass is 9.89. The summed E-state index contributed by atoms with van der Waals surface area (Å²) in [4.78, 5) is 0. The molecule has 1 aromatic carbocycles. The fourth-order valence-electron chi connectivity index (χ4n) is 4.06. The Morgan fingerprint density at radius 1 is 0.767 bits per heavy atom. The topological polar surface area (TPSA) is 0 Å². The molecule has 1 heteroatoms. The second kappa shape index (κ2) is 12.3. The van der Waals surface area contributed by atoms with Gasteiger partial charge in [-0.05, 0) is 66.1 Å². The maximum Gasteiger partial charge on any atom is 0.0690 e. The number of allylic oxidation sites excluding steroid dienone is 1. The first-order chi connectivity index (χ1) is 13.8.